The predicted octanol–water partition coefficient (Wildman–Crippen LogP) is 0.208. The SMILES string of the molecule is COCC(O)CNS(=O)(=O)c1c(N)cccc1Cl. The predicted molar refractivity (Wildman–Crippen MR) is 68.9 cm³/mol. The molecule has 18 heavy (non-hydrogen) atoms. The molecule has 1 atom stereocenters. The van der Waals surface area contributed by atoms with Crippen LogP contribution in [0.1, 0.15) is 0 Å². The molecule has 1 aromatic carbocycles. The van der Waals surface area contributed by atoms with Crippen molar-refractivity contribution in [3.05, 3.63) is 23.2 Å². The van der Waals surface area contributed by atoms with Crippen LogP contribution in [0.2, 0.25) is 5.02 Å². The molecule has 102 valence electrons. The van der Waals surface area contributed by atoms with Crippen LogP contribution in [0.4, 0.5) is 5.69 Å². The number of ether oxygens (including phenoxy) is 1. The molecular weight excluding hydrogens is 280 g/mol. The Morgan fingerprint density at radius 2 is 2.22 bits per heavy atom. The van der Waals surface area contributed by atoms with E-state index in [1.54, 1.807) is 6.07 Å². The molecule has 1 rings (SSSR count). The van der Waals surface area contributed by atoms with Gasteiger partial charge in [0.05, 0.1) is 23.4 Å². The van der Waals surface area contributed by atoms with Crippen LogP contribution in [0.15, 0.2) is 23.1 Å². The molecule has 0 aliphatic carbocycles. The maximum Gasteiger partial charge on any atom is 0.244 e. The van der Waals surface area contributed by atoms with E-state index in [0.29, 0.717) is 0 Å². The Balaban J connectivity index is 2.87. The van der Waals surface area contributed by atoms with Gasteiger partial charge in [0.1, 0.15) is 4.90 Å². The van der Waals surface area contributed by atoms with E-state index in [4.69, 9.17) is 17.3 Å². The van der Waals surface area contributed by atoms with Crippen molar-refractivity contribution in [2.75, 3.05) is 26.0 Å². The van der Waals surface area contributed by atoms with Gasteiger partial charge in [-0.3, -0.25) is 0 Å². The third kappa shape index (κ3) is 3.82. The summed E-state index contributed by atoms with van der Waals surface area (Å²) in [7, 11) is -2.45. The molecule has 1 aromatic rings. The first-order valence-electron chi connectivity index (χ1n) is 5.09. The molecule has 0 heterocycles. The summed E-state index contributed by atoms with van der Waals surface area (Å²) in [4.78, 5) is -0.184. The number of benzene rings is 1. The smallest absolute Gasteiger partial charge is 0.244 e. The van der Waals surface area contributed by atoms with Crippen LogP contribution in [0.5, 0.6) is 0 Å². The van der Waals surface area contributed by atoms with Gasteiger partial charge in [-0.15, -0.1) is 0 Å². The highest BCUT2D eigenvalue weighted by Gasteiger charge is 2.21. The number of methoxy groups -OCH3 is 1. The number of hydrogen-bond acceptors (Lipinski definition) is 5. The fourth-order valence-electron chi connectivity index (χ4n) is 1.34. The van der Waals surface area contributed by atoms with Crippen LogP contribution in [0.3, 0.4) is 0 Å². The Morgan fingerprint density at radius 1 is 1.56 bits per heavy atom. The first-order valence-corrected chi connectivity index (χ1v) is 6.95. The summed E-state index contributed by atoms with van der Waals surface area (Å²) in [6.45, 7) is -0.151. The second-order valence-corrected chi connectivity index (χ2v) is 5.73. The van der Waals surface area contributed by atoms with Crippen LogP contribution in [-0.4, -0.2) is 39.9 Å². The van der Waals surface area contributed by atoms with Gasteiger partial charge in [0.15, 0.2) is 0 Å². The number of nitrogens with one attached hydrogen (secondary N) is 1. The third-order valence-electron chi connectivity index (χ3n) is 2.13. The van der Waals surface area contributed by atoms with Crippen LogP contribution in [0.25, 0.3) is 0 Å². The van der Waals surface area contributed by atoms with Crippen LogP contribution >= 0.6 is 11.6 Å². The third-order valence-corrected chi connectivity index (χ3v) is 4.10. The molecule has 8 heteroatoms. The zero-order valence-electron chi connectivity index (χ0n) is 9.76. The molecule has 1 unspecified atom stereocenters. The molecular formula is C10H15ClN2O4S. The molecule has 0 radical (unpaired) electrons. The number of aliphatic hydroxyl groups excluding tert-OH is 1. The zero-order valence-corrected chi connectivity index (χ0v) is 11.3. The van der Waals surface area contributed by atoms with Gasteiger partial charge < -0.3 is 15.6 Å². The highest BCUT2D eigenvalue weighted by Crippen LogP contribution is 2.26. The zero-order chi connectivity index (χ0) is 13.8. The lowest BCUT2D eigenvalue weighted by Gasteiger charge is -2.13. The molecule has 6 nitrogen and oxygen atoms in total. The summed E-state index contributed by atoms with van der Waals surface area (Å²) < 4.78 is 30.8. The Kier molecular flexibility index (Phi) is 5.36. The fourth-order valence-corrected chi connectivity index (χ4v) is 3.08. The number of nitrogen functional groups attached to an aromatic ring is 1. The minimum absolute atomic E-state index is 0.0283. The average molecular weight is 295 g/mol. The first-order chi connectivity index (χ1) is 8.38. The van der Waals surface area contributed by atoms with Gasteiger partial charge in [-0.1, -0.05) is 17.7 Å². The number of rotatable bonds is 6. The lowest BCUT2D eigenvalue weighted by molar-refractivity contribution is 0.0679. The Morgan fingerprint density at radius 3 is 2.78 bits per heavy atom. The van der Waals surface area contributed by atoms with E-state index in [2.05, 4.69) is 9.46 Å². The number of hydrogen-bond donors (Lipinski definition) is 3. The van der Waals surface area contributed by atoms with E-state index >= 15 is 0 Å². The first kappa shape index (κ1) is 15.2. The molecule has 0 aliphatic rings. The number of anilines is 1. The molecule has 0 bridgehead atoms. The van der Waals surface area contributed by atoms with Crippen molar-refractivity contribution < 1.29 is 18.3 Å². The highest BCUT2D eigenvalue weighted by molar-refractivity contribution is 7.89. The molecule has 0 amide bonds. The molecule has 0 saturated carbocycles. The number of aliphatic hydroxyl groups is 1. The topological polar surface area (TPSA) is 102 Å². The molecule has 4 N–H and O–H groups in total. The van der Waals surface area contributed by atoms with Crippen molar-refractivity contribution in [2.45, 2.75) is 11.0 Å². The van der Waals surface area contributed by atoms with Crippen LogP contribution < -0.4 is 10.5 Å². The van der Waals surface area contributed by atoms with Gasteiger partial charge in [0.25, 0.3) is 0 Å². The fraction of sp³-hybridized carbons (Fsp3) is 0.400. The lowest BCUT2D eigenvalue weighted by atomic mass is 10.3. The van der Waals surface area contributed by atoms with Crippen molar-refractivity contribution in [3.8, 4) is 0 Å². The van der Waals surface area contributed by atoms with E-state index in [1.807, 2.05) is 0 Å². The molecule has 0 aliphatic heterocycles. The van der Waals surface area contributed by atoms with Gasteiger partial charge in [-0.05, 0) is 12.1 Å². The van der Waals surface area contributed by atoms with Crippen molar-refractivity contribution in [2.24, 2.45) is 0 Å². The summed E-state index contributed by atoms with van der Waals surface area (Å²) in [5, 5.41) is 9.41. The number of halogens is 1. The Hall–Kier alpha value is -0.860. The van der Waals surface area contributed by atoms with Crippen molar-refractivity contribution in [1.82, 2.24) is 4.72 Å². The summed E-state index contributed by atoms with van der Waals surface area (Å²) >= 11 is 5.80. The van der Waals surface area contributed by atoms with Crippen LogP contribution in [0, 0.1) is 0 Å². The molecule has 0 spiro atoms. The summed E-state index contributed by atoms with van der Waals surface area (Å²) in [5.41, 5.74) is 5.63. The number of nitrogens with two attached hydrogens (primary N) is 1. The minimum atomic E-state index is -3.86. The van der Waals surface area contributed by atoms with Gasteiger partial charge in [0, 0.05) is 13.7 Å². The van der Waals surface area contributed by atoms with Crippen molar-refractivity contribution in [1.29, 1.82) is 0 Å². The summed E-state index contributed by atoms with van der Waals surface area (Å²) in [6, 6.07) is 4.42. The van der Waals surface area contributed by atoms with Crippen molar-refractivity contribution in [3.63, 3.8) is 0 Å². The maximum atomic E-state index is 12.0. The second kappa shape index (κ2) is 6.35. The van der Waals surface area contributed by atoms with Gasteiger partial charge in [-0.25, -0.2) is 13.1 Å². The van der Waals surface area contributed by atoms with Gasteiger partial charge >= 0.3 is 0 Å². The average Bonchev–Trinajstić information content (AvgIpc) is 2.26. The molecule has 0 saturated heterocycles. The minimum Gasteiger partial charge on any atom is -0.398 e. The number of sulfonamides is 1. The lowest BCUT2D eigenvalue weighted by Crippen LogP contribution is -2.34. The Bertz CT molecular complexity index is 486. The summed E-state index contributed by atoms with van der Waals surface area (Å²) in [5.74, 6) is 0. The van der Waals surface area contributed by atoms with E-state index < -0.39 is 16.1 Å². The van der Waals surface area contributed by atoms with Gasteiger partial charge in [-0.2, -0.15) is 0 Å². The normalized spacial score (nSPS) is 13.5. The van der Waals surface area contributed by atoms with E-state index in [9.17, 15) is 13.5 Å². The maximum absolute atomic E-state index is 12.0. The van der Waals surface area contributed by atoms with E-state index in [1.165, 1.54) is 19.2 Å². The van der Waals surface area contributed by atoms with Gasteiger partial charge in [0.2, 0.25) is 10.0 Å². The molecule has 0 aromatic heterocycles. The monoisotopic (exact) mass is 294 g/mol. The second-order valence-electron chi connectivity index (χ2n) is 3.62. The highest BCUT2D eigenvalue weighted by atomic mass is 35.5. The Labute approximate surface area is 111 Å². The van der Waals surface area contributed by atoms with Crippen molar-refractivity contribution >= 4 is 27.3 Å². The summed E-state index contributed by atoms with van der Waals surface area (Å²) in [6.07, 6.45) is -0.937. The molecule has 0 fully saturated rings. The quantitative estimate of drug-likeness (QED) is 0.651. The largest absolute Gasteiger partial charge is 0.398 e. The standard InChI is InChI=1S/C10H15ClN2O4S/c1-17-6-7(14)5-13-18(15,16)10-8(11)3-2-4-9(10)12/h2-4,7,13-14H,5-6,12H2,1H3. The van der Waals surface area contributed by atoms with Crippen LogP contribution in [-0.2, 0) is 14.8 Å². The van der Waals surface area contributed by atoms with E-state index in [-0.39, 0.29) is 28.8 Å². The van der Waals surface area contributed by atoms with E-state index in [0.717, 1.165) is 0 Å².